The van der Waals surface area contributed by atoms with Crippen molar-refractivity contribution < 1.29 is 27.5 Å². The number of benzene rings is 2. The normalized spacial score (nSPS) is 22.1. The number of carbonyl (C=O) groups is 2. The van der Waals surface area contributed by atoms with Gasteiger partial charge in [-0.15, -0.1) is 0 Å². The second-order valence-electron chi connectivity index (χ2n) is 7.97. The van der Waals surface area contributed by atoms with Gasteiger partial charge in [0.15, 0.2) is 9.84 Å². The number of carboxylic acid groups (broad SMARTS) is 1. The van der Waals surface area contributed by atoms with Crippen LogP contribution in [0.5, 0.6) is 0 Å². The minimum absolute atomic E-state index is 0.0197. The Labute approximate surface area is 198 Å². The molecule has 2 aliphatic rings. The highest BCUT2D eigenvalue weighted by Crippen LogP contribution is 2.53. The van der Waals surface area contributed by atoms with Crippen molar-refractivity contribution in [2.24, 2.45) is 0 Å². The van der Waals surface area contributed by atoms with Crippen LogP contribution in [-0.4, -0.2) is 48.1 Å². The molecule has 1 aliphatic carbocycles. The average molecular weight is 521 g/mol. The van der Waals surface area contributed by atoms with Crippen molar-refractivity contribution in [1.82, 2.24) is 4.90 Å². The molecule has 2 fully saturated rings. The summed E-state index contributed by atoms with van der Waals surface area (Å²) < 4.78 is 40.4. The van der Waals surface area contributed by atoms with Crippen LogP contribution in [0.25, 0.3) is 0 Å². The molecule has 11 heteroatoms. The Morgan fingerprint density at radius 2 is 1.72 bits per heavy atom. The topological polar surface area (TPSA) is 91.8 Å². The largest absolute Gasteiger partial charge is 0.480 e. The molecule has 1 heterocycles. The van der Waals surface area contributed by atoms with E-state index < -0.39 is 44.2 Å². The summed E-state index contributed by atoms with van der Waals surface area (Å²) in [7, 11) is -4.01. The Morgan fingerprint density at radius 3 is 2.31 bits per heavy atom. The van der Waals surface area contributed by atoms with E-state index in [2.05, 4.69) is 0 Å². The van der Waals surface area contributed by atoms with Gasteiger partial charge in [-0.1, -0.05) is 46.9 Å². The van der Waals surface area contributed by atoms with E-state index in [1.54, 1.807) is 6.07 Å². The van der Waals surface area contributed by atoms with Crippen molar-refractivity contribution >= 4 is 56.5 Å². The Balaban J connectivity index is 1.69. The van der Waals surface area contributed by atoms with Crippen LogP contribution in [0.15, 0.2) is 41.3 Å². The van der Waals surface area contributed by atoms with Crippen molar-refractivity contribution in [1.29, 1.82) is 0 Å². The first-order chi connectivity index (χ1) is 15.0. The molecule has 32 heavy (non-hydrogen) atoms. The average Bonchev–Trinajstić information content (AvgIpc) is 3.40. The highest BCUT2D eigenvalue weighted by Gasteiger charge is 2.58. The van der Waals surface area contributed by atoms with Crippen molar-refractivity contribution in [3.05, 3.63) is 62.8 Å². The zero-order chi connectivity index (χ0) is 23.4. The second-order valence-corrected chi connectivity index (χ2v) is 11.4. The molecule has 2 aromatic rings. The molecule has 0 spiro atoms. The summed E-state index contributed by atoms with van der Waals surface area (Å²) in [6.45, 7) is -0.321. The molecule has 0 unspecified atom stereocenters. The van der Waals surface area contributed by atoms with E-state index in [4.69, 9.17) is 34.8 Å². The lowest BCUT2D eigenvalue weighted by molar-refractivity contribution is -0.149. The van der Waals surface area contributed by atoms with Crippen LogP contribution in [0.3, 0.4) is 0 Å². The summed E-state index contributed by atoms with van der Waals surface area (Å²) in [5.41, 5.74) is -0.994. The zero-order valence-corrected chi connectivity index (χ0v) is 19.5. The van der Waals surface area contributed by atoms with Gasteiger partial charge in [0.1, 0.15) is 11.9 Å². The van der Waals surface area contributed by atoms with Crippen LogP contribution >= 0.6 is 34.8 Å². The number of aliphatic carboxylic acids is 1. The molecule has 1 saturated carbocycles. The number of nitrogens with zero attached hydrogens (tertiary/aromatic N) is 1. The molecule has 0 aromatic heterocycles. The maximum atomic E-state index is 14.1. The lowest BCUT2D eigenvalue weighted by Gasteiger charge is -2.27. The van der Waals surface area contributed by atoms with Crippen molar-refractivity contribution in [3.8, 4) is 0 Å². The van der Waals surface area contributed by atoms with Crippen LogP contribution in [0.4, 0.5) is 4.39 Å². The summed E-state index contributed by atoms with van der Waals surface area (Å²) in [5, 5.41) is 8.48. The third kappa shape index (κ3) is 3.77. The van der Waals surface area contributed by atoms with Crippen LogP contribution in [0, 0.1) is 5.82 Å². The van der Waals surface area contributed by atoms with Gasteiger partial charge in [-0.05, 0) is 49.1 Å². The number of amides is 1. The molecule has 1 aliphatic heterocycles. The molecule has 1 amide bonds. The maximum Gasteiger partial charge on any atom is 0.326 e. The zero-order valence-electron chi connectivity index (χ0n) is 16.4. The molecule has 0 radical (unpaired) electrons. The molecule has 1 N–H and O–H groups in total. The van der Waals surface area contributed by atoms with E-state index in [0.29, 0.717) is 12.8 Å². The predicted molar refractivity (Wildman–Crippen MR) is 118 cm³/mol. The standard InChI is InChI=1S/C21H17Cl3FNO5S/c22-13-3-1-2-4-18(13)32(30,31)11-7-17(19(27)28)26(10-11)20(29)21(5-6-21)12-8-16(25)15(24)9-14(12)23/h1-4,8-9,11,17H,5-7,10H2,(H,27,28)/t11-,17+/m1/s1. The van der Waals surface area contributed by atoms with Crippen LogP contribution in [0.1, 0.15) is 24.8 Å². The van der Waals surface area contributed by atoms with E-state index in [9.17, 15) is 27.5 Å². The van der Waals surface area contributed by atoms with Gasteiger partial charge in [-0.3, -0.25) is 4.79 Å². The molecular formula is C21H17Cl3FNO5S. The fourth-order valence-electron chi connectivity index (χ4n) is 4.22. The van der Waals surface area contributed by atoms with Crippen LogP contribution in [0.2, 0.25) is 15.1 Å². The number of carboxylic acids is 1. The van der Waals surface area contributed by atoms with Gasteiger partial charge >= 0.3 is 5.97 Å². The Kier molecular flexibility index (Phi) is 5.94. The number of hydrogen-bond donors (Lipinski definition) is 1. The SMILES string of the molecule is O=C(O)[C@@H]1C[C@@H](S(=O)(=O)c2ccccc2Cl)CN1C(=O)C1(c2cc(F)c(Cl)cc2Cl)CC1. The Morgan fingerprint density at radius 1 is 1.06 bits per heavy atom. The quantitative estimate of drug-likeness (QED) is 0.592. The minimum Gasteiger partial charge on any atom is -0.480 e. The first-order valence-corrected chi connectivity index (χ1v) is 12.3. The fourth-order valence-corrected chi connectivity index (χ4v) is 7.01. The van der Waals surface area contributed by atoms with E-state index in [-0.39, 0.29) is 38.5 Å². The summed E-state index contributed by atoms with van der Waals surface area (Å²) in [6.07, 6.45) is 0.377. The predicted octanol–water partition coefficient (Wildman–Crippen LogP) is 4.35. The third-order valence-corrected chi connectivity index (χ3v) is 9.31. The van der Waals surface area contributed by atoms with E-state index in [1.165, 1.54) is 24.3 Å². The first-order valence-electron chi connectivity index (χ1n) is 9.66. The van der Waals surface area contributed by atoms with E-state index >= 15 is 0 Å². The summed E-state index contributed by atoms with van der Waals surface area (Å²) in [6, 6.07) is 6.80. The minimum atomic E-state index is -4.01. The second kappa shape index (κ2) is 8.17. The van der Waals surface area contributed by atoms with Gasteiger partial charge in [0, 0.05) is 11.6 Å². The Hall–Kier alpha value is -1.87. The van der Waals surface area contributed by atoms with Gasteiger partial charge in [-0.2, -0.15) is 0 Å². The number of likely N-dealkylation sites (tertiary alicyclic amines) is 1. The molecule has 6 nitrogen and oxygen atoms in total. The molecule has 2 atom stereocenters. The first kappa shape index (κ1) is 23.3. The van der Waals surface area contributed by atoms with Gasteiger partial charge in [0.05, 0.1) is 25.6 Å². The van der Waals surface area contributed by atoms with Gasteiger partial charge in [0.2, 0.25) is 5.91 Å². The van der Waals surface area contributed by atoms with Gasteiger partial charge in [-0.25, -0.2) is 17.6 Å². The van der Waals surface area contributed by atoms with E-state index in [1.807, 2.05) is 0 Å². The van der Waals surface area contributed by atoms with E-state index in [0.717, 1.165) is 11.0 Å². The van der Waals surface area contributed by atoms with Crippen molar-refractivity contribution in [3.63, 3.8) is 0 Å². The Bertz CT molecular complexity index is 1230. The molecule has 170 valence electrons. The molecular weight excluding hydrogens is 504 g/mol. The summed E-state index contributed by atoms with van der Waals surface area (Å²) in [4.78, 5) is 26.4. The highest BCUT2D eigenvalue weighted by atomic mass is 35.5. The lowest BCUT2D eigenvalue weighted by Crippen LogP contribution is -2.46. The lowest BCUT2D eigenvalue weighted by atomic mass is 9.93. The van der Waals surface area contributed by atoms with Gasteiger partial charge < -0.3 is 10.0 Å². The van der Waals surface area contributed by atoms with Crippen LogP contribution in [-0.2, 0) is 24.8 Å². The molecule has 1 saturated heterocycles. The molecule has 2 aromatic carbocycles. The monoisotopic (exact) mass is 519 g/mol. The number of halogens is 4. The fraction of sp³-hybridized carbons (Fsp3) is 0.333. The number of carbonyl (C=O) groups excluding carboxylic acids is 1. The summed E-state index contributed by atoms with van der Waals surface area (Å²) in [5.74, 6) is -2.66. The third-order valence-electron chi connectivity index (χ3n) is 6.08. The number of rotatable bonds is 5. The molecule has 0 bridgehead atoms. The smallest absolute Gasteiger partial charge is 0.326 e. The van der Waals surface area contributed by atoms with Crippen molar-refractivity contribution in [2.45, 2.75) is 40.9 Å². The summed E-state index contributed by atoms with van der Waals surface area (Å²) >= 11 is 18.0. The highest BCUT2D eigenvalue weighted by molar-refractivity contribution is 7.92. The number of sulfone groups is 1. The van der Waals surface area contributed by atoms with Crippen LogP contribution < -0.4 is 0 Å². The van der Waals surface area contributed by atoms with Gasteiger partial charge in [0.25, 0.3) is 0 Å². The molecule has 4 rings (SSSR count). The number of hydrogen-bond acceptors (Lipinski definition) is 4. The van der Waals surface area contributed by atoms with Crippen molar-refractivity contribution in [2.75, 3.05) is 6.54 Å². The maximum absolute atomic E-state index is 14.1.